The van der Waals surface area contributed by atoms with Crippen molar-refractivity contribution >= 4 is 11.6 Å². The van der Waals surface area contributed by atoms with Crippen LogP contribution >= 0.6 is 0 Å². The van der Waals surface area contributed by atoms with E-state index in [-0.39, 0.29) is 17.9 Å². The minimum absolute atomic E-state index is 0.117. The lowest BCUT2D eigenvalue weighted by Crippen LogP contribution is -2.42. The smallest absolute Gasteiger partial charge is 0.223 e. The molecule has 5 nitrogen and oxygen atoms in total. The van der Waals surface area contributed by atoms with Gasteiger partial charge in [0.1, 0.15) is 5.75 Å². The number of ether oxygens (including phenoxy) is 1. The van der Waals surface area contributed by atoms with Crippen LogP contribution in [0.3, 0.4) is 0 Å². The molecule has 1 aliphatic carbocycles. The molecule has 1 saturated carbocycles. The van der Waals surface area contributed by atoms with Crippen molar-refractivity contribution in [1.82, 2.24) is 5.32 Å². The highest BCUT2D eigenvalue weighted by atomic mass is 16.5. The Morgan fingerprint density at radius 1 is 1.39 bits per heavy atom. The van der Waals surface area contributed by atoms with E-state index in [4.69, 9.17) is 10.5 Å². The van der Waals surface area contributed by atoms with E-state index in [1.54, 1.807) is 7.11 Å². The molecule has 1 heterocycles. The van der Waals surface area contributed by atoms with Gasteiger partial charge in [0.15, 0.2) is 0 Å². The Labute approximate surface area is 138 Å². The monoisotopic (exact) mass is 317 g/mol. The van der Waals surface area contributed by atoms with Gasteiger partial charge in [0.2, 0.25) is 5.91 Å². The van der Waals surface area contributed by atoms with Crippen LogP contribution in [0.1, 0.15) is 25.7 Å². The van der Waals surface area contributed by atoms with Crippen LogP contribution in [0.5, 0.6) is 5.75 Å². The highest BCUT2D eigenvalue weighted by molar-refractivity contribution is 5.79. The van der Waals surface area contributed by atoms with E-state index < -0.39 is 0 Å². The third-order valence-electron chi connectivity index (χ3n) is 5.25. The van der Waals surface area contributed by atoms with Crippen molar-refractivity contribution in [3.05, 3.63) is 24.3 Å². The lowest BCUT2D eigenvalue weighted by atomic mass is 9.95. The second-order valence-corrected chi connectivity index (χ2v) is 6.67. The highest BCUT2D eigenvalue weighted by Crippen LogP contribution is 2.31. The van der Waals surface area contributed by atoms with Crippen LogP contribution in [0.2, 0.25) is 0 Å². The highest BCUT2D eigenvalue weighted by Gasteiger charge is 2.34. The second-order valence-electron chi connectivity index (χ2n) is 6.67. The zero-order chi connectivity index (χ0) is 16.2. The summed E-state index contributed by atoms with van der Waals surface area (Å²) >= 11 is 0. The molecule has 3 N–H and O–H groups in total. The predicted molar refractivity (Wildman–Crippen MR) is 91.6 cm³/mol. The lowest BCUT2D eigenvalue weighted by Gasteiger charge is -2.22. The summed E-state index contributed by atoms with van der Waals surface area (Å²) in [6, 6.07) is 8.32. The molecule has 0 bridgehead atoms. The van der Waals surface area contributed by atoms with Crippen molar-refractivity contribution in [3.63, 3.8) is 0 Å². The Bertz CT molecular complexity index is 549. The average Bonchev–Trinajstić information content (AvgIpc) is 3.23. The number of nitrogens with one attached hydrogen (secondary N) is 1. The molecule has 3 atom stereocenters. The molecular formula is C18H27N3O2. The largest absolute Gasteiger partial charge is 0.497 e. The summed E-state index contributed by atoms with van der Waals surface area (Å²) in [7, 11) is 1.68. The number of hydrogen-bond donors (Lipinski definition) is 2. The third-order valence-corrected chi connectivity index (χ3v) is 5.25. The molecule has 0 radical (unpaired) electrons. The number of rotatable bonds is 5. The molecule has 5 heteroatoms. The topological polar surface area (TPSA) is 67.6 Å². The normalized spacial score (nSPS) is 27.2. The Hall–Kier alpha value is -1.75. The number of carbonyl (C=O) groups excluding carboxylic acids is 1. The van der Waals surface area contributed by atoms with Crippen LogP contribution in [0, 0.1) is 11.8 Å². The SMILES string of the molecule is COc1cccc(N2CCC(NC(=O)[C@@H]3CCC[C@@H]3CN)C2)c1. The number of amides is 1. The molecule has 2 aliphatic rings. The molecule has 1 aromatic rings. The van der Waals surface area contributed by atoms with Crippen LogP contribution in [-0.4, -0.2) is 38.7 Å². The summed E-state index contributed by atoms with van der Waals surface area (Å²) in [5, 5.41) is 3.25. The first-order valence-corrected chi connectivity index (χ1v) is 8.60. The summed E-state index contributed by atoms with van der Waals surface area (Å²) < 4.78 is 5.29. The molecule has 1 aromatic carbocycles. The Morgan fingerprint density at radius 3 is 3.04 bits per heavy atom. The van der Waals surface area contributed by atoms with E-state index in [1.165, 1.54) is 0 Å². The molecule has 0 aromatic heterocycles. The van der Waals surface area contributed by atoms with Crippen LogP contribution < -0.4 is 20.7 Å². The Morgan fingerprint density at radius 2 is 2.26 bits per heavy atom. The molecule has 1 aliphatic heterocycles. The van der Waals surface area contributed by atoms with Gasteiger partial charge in [0.05, 0.1) is 7.11 Å². The first-order valence-electron chi connectivity index (χ1n) is 8.60. The van der Waals surface area contributed by atoms with Gasteiger partial charge in [-0.2, -0.15) is 0 Å². The Kier molecular flexibility index (Phi) is 5.06. The quantitative estimate of drug-likeness (QED) is 0.868. The molecule has 23 heavy (non-hydrogen) atoms. The molecular weight excluding hydrogens is 290 g/mol. The first-order chi connectivity index (χ1) is 11.2. The Balaban J connectivity index is 1.56. The number of carbonyl (C=O) groups is 1. The standard InChI is InChI=1S/C18H27N3O2/c1-23-16-6-3-5-15(10-16)21-9-8-14(12-21)20-18(22)17-7-2-4-13(17)11-19/h3,5-6,10,13-14,17H,2,4,7-9,11-12,19H2,1H3,(H,20,22)/t13-,14?,17-/m1/s1. The molecule has 1 amide bonds. The molecule has 2 fully saturated rings. The van der Waals surface area contributed by atoms with Crippen molar-refractivity contribution < 1.29 is 9.53 Å². The van der Waals surface area contributed by atoms with E-state index in [1.807, 2.05) is 18.2 Å². The van der Waals surface area contributed by atoms with E-state index >= 15 is 0 Å². The molecule has 126 valence electrons. The van der Waals surface area contributed by atoms with Crippen LogP contribution in [0.4, 0.5) is 5.69 Å². The molecule has 1 unspecified atom stereocenters. The van der Waals surface area contributed by atoms with Crippen molar-refractivity contribution in [1.29, 1.82) is 0 Å². The van der Waals surface area contributed by atoms with Gasteiger partial charge in [0, 0.05) is 36.8 Å². The van der Waals surface area contributed by atoms with Gasteiger partial charge in [0.25, 0.3) is 0 Å². The van der Waals surface area contributed by atoms with E-state index in [0.29, 0.717) is 12.5 Å². The second kappa shape index (κ2) is 7.21. The molecule has 1 saturated heterocycles. The zero-order valence-corrected chi connectivity index (χ0v) is 13.8. The van der Waals surface area contributed by atoms with Gasteiger partial charge in [-0.3, -0.25) is 4.79 Å². The van der Waals surface area contributed by atoms with Crippen molar-refractivity contribution in [3.8, 4) is 5.75 Å². The fraction of sp³-hybridized carbons (Fsp3) is 0.611. The fourth-order valence-corrected chi connectivity index (χ4v) is 3.89. The zero-order valence-electron chi connectivity index (χ0n) is 13.8. The summed E-state index contributed by atoms with van der Waals surface area (Å²) in [5.74, 6) is 1.55. The minimum atomic E-state index is 0.117. The minimum Gasteiger partial charge on any atom is -0.497 e. The summed E-state index contributed by atoms with van der Waals surface area (Å²) in [6.07, 6.45) is 4.19. The predicted octanol–water partition coefficient (Wildman–Crippen LogP) is 1.77. The number of nitrogens with two attached hydrogens (primary N) is 1. The molecule has 3 rings (SSSR count). The van der Waals surface area contributed by atoms with Gasteiger partial charge in [-0.05, 0) is 43.9 Å². The van der Waals surface area contributed by atoms with Gasteiger partial charge >= 0.3 is 0 Å². The van der Waals surface area contributed by atoms with Gasteiger partial charge < -0.3 is 20.7 Å². The third kappa shape index (κ3) is 3.61. The maximum Gasteiger partial charge on any atom is 0.223 e. The number of anilines is 1. The number of methoxy groups -OCH3 is 1. The number of hydrogen-bond acceptors (Lipinski definition) is 4. The maximum absolute atomic E-state index is 12.5. The molecule has 0 spiro atoms. The summed E-state index contributed by atoms with van der Waals surface area (Å²) in [4.78, 5) is 14.8. The van der Waals surface area contributed by atoms with Crippen molar-refractivity contribution in [2.45, 2.75) is 31.7 Å². The van der Waals surface area contributed by atoms with Crippen molar-refractivity contribution in [2.75, 3.05) is 31.6 Å². The average molecular weight is 317 g/mol. The number of benzene rings is 1. The lowest BCUT2D eigenvalue weighted by molar-refractivity contribution is -0.126. The first kappa shape index (κ1) is 16.1. The maximum atomic E-state index is 12.5. The van der Waals surface area contributed by atoms with E-state index in [9.17, 15) is 4.79 Å². The van der Waals surface area contributed by atoms with E-state index in [2.05, 4.69) is 16.3 Å². The van der Waals surface area contributed by atoms with E-state index in [0.717, 1.165) is 50.2 Å². The van der Waals surface area contributed by atoms with Crippen molar-refractivity contribution in [2.24, 2.45) is 17.6 Å². The summed E-state index contributed by atoms with van der Waals surface area (Å²) in [5.41, 5.74) is 6.95. The van der Waals surface area contributed by atoms with Crippen LogP contribution in [0.15, 0.2) is 24.3 Å². The number of nitrogens with zero attached hydrogens (tertiary/aromatic N) is 1. The van der Waals surface area contributed by atoms with Crippen LogP contribution in [0.25, 0.3) is 0 Å². The van der Waals surface area contributed by atoms with Crippen LogP contribution in [-0.2, 0) is 4.79 Å². The van der Waals surface area contributed by atoms with Gasteiger partial charge in [-0.1, -0.05) is 12.5 Å². The fourth-order valence-electron chi connectivity index (χ4n) is 3.89. The van der Waals surface area contributed by atoms with Gasteiger partial charge in [-0.15, -0.1) is 0 Å². The van der Waals surface area contributed by atoms with Gasteiger partial charge in [-0.25, -0.2) is 0 Å². The summed E-state index contributed by atoms with van der Waals surface area (Å²) in [6.45, 7) is 2.45.